The van der Waals surface area contributed by atoms with Crippen molar-refractivity contribution in [1.29, 1.82) is 0 Å². The number of ether oxygens (including phenoxy) is 3. The maximum atomic E-state index is 12.8. The molecule has 0 bridgehead atoms. The number of rotatable bonds is 56. The first-order valence-corrected chi connectivity index (χ1v) is 30.0. The average Bonchev–Trinajstić information content (AvgIpc) is 3.31. The van der Waals surface area contributed by atoms with E-state index in [0.717, 1.165) is 57.8 Å². The molecule has 0 amide bonds. The fraction of sp³-hybridized carbons (Fsp3) is 0.950. The molecule has 66 heavy (non-hydrogen) atoms. The van der Waals surface area contributed by atoms with Crippen LogP contribution in [0.4, 0.5) is 0 Å². The molecule has 0 saturated carbocycles. The monoisotopic (exact) mass is 933 g/mol. The van der Waals surface area contributed by atoms with Crippen LogP contribution in [0.5, 0.6) is 0 Å². The second-order valence-corrected chi connectivity index (χ2v) is 20.6. The highest BCUT2D eigenvalue weighted by Gasteiger charge is 2.19. The van der Waals surface area contributed by atoms with E-state index >= 15 is 0 Å². The lowest BCUT2D eigenvalue weighted by Crippen LogP contribution is -2.30. The molecular formula is C60H116O6. The Kier molecular flexibility index (Phi) is 54.7. The molecule has 0 aliphatic heterocycles. The Morgan fingerprint density at radius 3 is 0.606 bits per heavy atom. The zero-order chi connectivity index (χ0) is 47.9. The first-order chi connectivity index (χ1) is 32.5. The molecule has 0 aromatic rings. The largest absolute Gasteiger partial charge is 0.462 e. The molecule has 0 aromatic carbocycles. The molecule has 0 aliphatic rings. The van der Waals surface area contributed by atoms with Crippen molar-refractivity contribution in [3.05, 3.63) is 0 Å². The SMILES string of the molecule is CCCCCCCCCCCCCCCCCCCCCCC(=O)OCC(COC(=O)CCCCCCCCCCCCCCC)OC(=O)CCCCCCCCCCCCCCCCC. The molecule has 6 heteroatoms. The summed E-state index contributed by atoms with van der Waals surface area (Å²) < 4.78 is 16.9. The van der Waals surface area contributed by atoms with Crippen LogP contribution in [-0.2, 0) is 28.6 Å². The molecule has 0 heterocycles. The summed E-state index contributed by atoms with van der Waals surface area (Å²) in [5, 5.41) is 0. The van der Waals surface area contributed by atoms with Gasteiger partial charge in [-0.15, -0.1) is 0 Å². The quantitative estimate of drug-likeness (QED) is 0.0343. The van der Waals surface area contributed by atoms with Crippen molar-refractivity contribution in [3.63, 3.8) is 0 Å². The number of esters is 3. The van der Waals surface area contributed by atoms with Gasteiger partial charge >= 0.3 is 17.9 Å². The van der Waals surface area contributed by atoms with Crippen molar-refractivity contribution in [2.45, 2.75) is 354 Å². The normalized spacial score (nSPS) is 11.9. The second kappa shape index (κ2) is 56.0. The molecule has 6 nitrogen and oxygen atoms in total. The van der Waals surface area contributed by atoms with E-state index in [0.29, 0.717) is 19.3 Å². The van der Waals surface area contributed by atoms with Crippen LogP contribution >= 0.6 is 0 Å². The van der Waals surface area contributed by atoms with E-state index in [1.807, 2.05) is 0 Å². The summed E-state index contributed by atoms with van der Waals surface area (Å²) in [6.07, 6.45) is 62.4. The van der Waals surface area contributed by atoms with Crippen LogP contribution in [0.15, 0.2) is 0 Å². The van der Waals surface area contributed by atoms with Gasteiger partial charge in [0.15, 0.2) is 6.10 Å². The molecule has 1 atom stereocenters. The van der Waals surface area contributed by atoms with Crippen molar-refractivity contribution in [2.75, 3.05) is 13.2 Å². The van der Waals surface area contributed by atoms with Crippen molar-refractivity contribution >= 4 is 17.9 Å². The van der Waals surface area contributed by atoms with Gasteiger partial charge < -0.3 is 14.2 Å². The average molecular weight is 934 g/mol. The molecule has 0 saturated heterocycles. The molecule has 0 N–H and O–H groups in total. The number of hydrogen-bond donors (Lipinski definition) is 0. The van der Waals surface area contributed by atoms with Crippen molar-refractivity contribution in [3.8, 4) is 0 Å². The Morgan fingerprint density at radius 2 is 0.409 bits per heavy atom. The van der Waals surface area contributed by atoms with Crippen LogP contribution in [0.1, 0.15) is 348 Å². The zero-order valence-corrected chi connectivity index (χ0v) is 45.0. The fourth-order valence-corrected chi connectivity index (χ4v) is 9.33. The number of carbonyl (C=O) groups excluding carboxylic acids is 3. The molecular weight excluding hydrogens is 817 g/mol. The second-order valence-electron chi connectivity index (χ2n) is 20.6. The van der Waals surface area contributed by atoms with Crippen LogP contribution in [0.2, 0.25) is 0 Å². The van der Waals surface area contributed by atoms with Gasteiger partial charge in [-0.2, -0.15) is 0 Å². The van der Waals surface area contributed by atoms with E-state index in [-0.39, 0.29) is 31.1 Å². The van der Waals surface area contributed by atoms with Gasteiger partial charge in [-0.05, 0) is 19.3 Å². The molecule has 1 unspecified atom stereocenters. The maximum Gasteiger partial charge on any atom is 0.306 e. The summed E-state index contributed by atoms with van der Waals surface area (Å²) in [5.74, 6) is -0.830. The van der Waals surface area contributed by atoms with Gasteiger partial charge in [0.25, 0.3) is 0 Å². The number of hydrogen-bond acceptors (Lipinski definition) is 6. The van der Waals surface area contributed by atoms with Crippen molar-refractivity contribution < 1.29 is 28.6 Å². The van der Waals surface area contributed by atoms with E-state index in [1.165, 1.54) is 250 Å². The lowest BCUT2D eigenvalue weighted by Gasteiger charge is -2.18. The number of unbranched alkanes of at least 4 members (excludes halogenated alkanes) is 45. The molecule has 0 spiro atoms. The van der Waals surface area contributed by atoms with Gasteiger partial charge in [-0.3, -0.25) is 14.4 Å². The summed E-state index contributed by atoms with van der Waals surface area (Å²) in [6, 6.07) is 0. The van der Waals surface area contributed by atoms with Gasteiger partial charge in [0.1, 0.15) is 13.2 Å². The minimum atomic E-state index is -0.761. The molecule has 0 aliphatic carbocycles. The maximum absolute atomic E-state index is 12.8. The molecule has 0 fully saturated rings. The summed E-state index contributed by atoms with van der Waals surface area (Å²) in [4.78, 5) is 38.2. The van der Waals surface area contributed by atoms with Crippen LogP contribution in [0.25, 0.3) is 0 Å². The van der Waals surface area contributed by atoms with Crippen molar-refractivity contribution in [2.24, 2.45) is 0 Å². The third-order valence-electron chi connectivity index (χ3n) is 13.9. The molecule has 0 radical (unpaired) electrons. The number of carbonyl (C=O) groups is 3. The van der Waals surface area contributed by atoms with Gasteiger partial charge in [-0.1, -0.05) is 310 Å². The fourth-order valence-electron chi connectivity index (χ4n) is 9.33. The van der Waals surface area contributed by atoms with Gasteiger partial charge in [0.2, 0.25) is 0 Å². The highest BCUT2D eigenvalue weighted by atomic mass is 16.6. The van der Waals surface area contributed by atoms with Gasteiger partial charge in [-0.25, -0.2) is 0 Å². The van der Waals surface area contributed by atoms with Crippen LogP contribution in [0, 0.1) is 0 Å². The highest BCUT2D eigenvalue weighted by Crippen LogP contribution is 2.18. The lowest BCUT2D eigenvalue weighted by molar-refractivity contribution is -0.167. The molecule has 0 rings (SSSR count). The predicted octanol–water partition coefficient (Wildman–Crippen LogP) is 19.9. The summed E-state index contributed by atoms with van der Waals surface area (Å²) in [6.45, 7) is 6.71. The molecule has 0 aromatic heterocycles. The topological polar surface area (TPSA) is 78.9 Å². The third-order valence-corrected chi connectivity index (χ3v) is 13.9. The minimum absolute atomic E-state index is 0.0609. The Bertz CT molecular complexity index is 982. The zero-order valence-electron chi connectivity index (χ0n) is 45.0. The Labute approximate surface area is 412 Å². The highest BCUT2D eigenvalue weighted by molar-refractivity contribution is 5.71. The van der Waals surface area contributed by atoms with E-state index in [9.17, 15) is 14.4 Å². The minimum Gasteiger partial charge on any atom is -0.462 e. The van der Waals surface area contributed by atoms with Gasteiger partial charge in [0, 0.05) is 19.3 Å². The molecule has 392 valence electrons. The smallest absolute Gasteiger partial charge is 0.306 e. The van der Waals surface area contributed by atoms with E-state index in [4.69, 9.17) is 14.2 Å². The van der Waals surface area contributed by atoms with Crippen molar-refractivity contribution in [1.82, 2.24) is 0 Å². The summed E-state index contributed by atoms with van der Waals surface area (Å²) in [5.41, 5.74) is 0. The Morgan fingerprint density at radius 1 is 0.242 bits per heavy atom. The first kappa shape index (κ1) is 64.4. The summed E-state index contributed by atoms with van der Waals surface area (Å²) in [7, 11) is 0. The van der Waals surface area contributed by atoms with E-state index in [2.05, 4.69) is 20.8 Å². The van der Waals surface area contributed by atoms with E-state index < -0.39 is 6.10 Å². The lowest BCUT2D eigenvalue weighted by atomic mass is 10.0. The van der Waals surface area contributed by atoms with E-state index in [1.54, 1.807) is 0 Å². The first-order valence-electron chi connectivity index (χ1n) is 30.0. The van der Waals surface area contributed by atoms with Crippen LogP contribution in [-0.4, -0.2) is 37.2 Å². The standard InChI is InChI=1S/C60H116O6/c1-4-7-10-13-16-19-22-25-27-28-29-30-31-33-35-38-41-44-47-50-53-59(62)65-56-57(55-64-58(61)52-49-46-43-40-37-34-24-21-18-15-12-9-6-3)66-60(63)54-51-48-45-42-39-36-32-26-23-20-17-14-11-8-5-2/h57H,4-56H2,1-3H3. The van der Waals surface area contributed by atoms with Gasteiger partial charge in [0.05, 0.1) is 0 Å². The predicted molar refractivity (Wildman–Crippen MR) is 284 cm³/mol. The summed E-state index contributed by atoms with van der Waals surface area (Å²) >= 11 is 0. The third kappa shape index (κ3) is 53.4. The van der Waals surface area contributed by atoms with Crippen LogP contribution in [0.3, 0.4) is 0 Å². The van der Waals surface area contributed by atoms with Crippen LogP contribution < -0.4 is 0 Å². The Balaban J connectivity index is 4.25. The Hall–Kier alpha value is -1.59.